The zero-order chi connectivity index (χ0) is 15.2. The Morgan fingerprint density at radius 3 is 2.55 bits per heavy atom. The van der Waals surface area contributed by atoms with Crippen molar-refractivity contribution in [3.05, 3.63) is 35.9 Å². The van der Waals surface area contributed by atoms with Crippen molar-refractivity contribution in [3.8, 4) is 0 Å². The van der Waals surface area contributed by atoms with Crippen LogP contribution in [0.2, 0.25) is 0 Å². The predicted octanol–water partition coefficient (Wildman–Crippen LogP) is 1.79. The first-order valence-corrected chi connectivity index (χ1v) is 8.07. The van der Waals surface area contributed by atoms with Gasteiger partial charge in [0.05, 0.1) is 0 Å². The van der Waals surface area contributed by atoms with Gasteiger partial charge < -0.3 is 19.5 Å². The van der Waals surface area contributed by atoms with Gasteiger partial charge in [-0.2, -0.15) is 0 Å². The number of aliphatic hydroxyl groups excluding tert-OH is 1. The van der Waals surface area contributed by atoms with Crippen LogP contribution in [0.4, 0.5) is 0 Å². The molecule has 2 heterocycles. The minimum atomic E-state index is -0.931. The highest BCUT2D eigenvalue weighted by Crippen LogP contribution is 2.44. The van der Waals surface area contributed by atoms with E-state index >= 15 is 0 Å². The molecule has 0 unspecified atom stereocenters. The Hall–Kier alpha value is -1.43. The standard InChI is InChI=1S/C17H21NO4/c19-15-13-14(22-17(21-13)9-5-2-6-10-17)16(20)18(15)11-12-7-3-1-4-8-12/h1,3-4,7-8,13-15,19H,2,5-6,9-11H2/t13-,14+,15+/m1/s1. The summed E-state index contributed by atoms with van der Waals surface area (Å²) < 4.78 is 12.0. The molecular formula is C17H21NO4. The molecule has 0 radical (unpaired) electrons. The van der Waals surface area contributed by atoms with E-state index in [9.17, 15) is 9.90 Å². The number of fused-ring (bicyclic) bond motifs is 1. The van der Waals surface area contributed by atoms with Crippen LogP contribution in [0.15, 0.2) is 30.3 Å². The third kappa shape index (κ3) is 2.24. The third-order valence-corrected chi connectivity index (χ3v) is 4.94. The number of amides is 1. The molecule has 0 bridgehead atoms. The second-order valence-electron chi connectivity index (χ2n) is 6.46. The maximum absolute atomic E-state index is 12.6. The van der Waals surface area contributed by atoms with Crippen molar-refractivity contribution in [2.24, 2.45) is 0 Å². The van der Waals surface area contributed by atoms with E-state index in [-0.39, 0.29) is 5.91 Å². The molecule has 3 aliphatic rings. The molecular weight excluding hydrogens is 282 g/mol. The predicted molar refractivity (Wildman–Crippen MR) is 78.6 cm³/mol. The molecule has 1 amide bonds. The second kappa shape index (κ2) is 5.33. The molecule has 118 valence electrons. The summed E-state index contributed by atoms with van der Waals surface area (Å²) in [6.07, 6.45) is 2.78. The Balaban J connectivity index is 1.50. The molecule has 5 heteroatoms. The van der Waals surface area contributed by atoms with Crippen LogP contribution in [0.5, 0.6) is 0 Å². The summed E-state index contributed by atoms with van der Waals surface area (Å²) in [5, 5.41) is 10.5. The van der Waals surface area contributed by atoms with E-state index < -0.39 is 24.2 Å². The fourth-order valence-electron chi connectivity index (χ4n) is 3.79. The average Bonchev–Trinajstić information content (AvgIpc) is 3.00. The van der Waals surface area contributed by atoms with Crippen molar-refractivity contribution >= 4 is 5.91 Å². The molecule has 1 spiro atoms. The third-order valence-electron chi connectivity index (χ3n) is 4.94. The number of hydrogen-bond donors (Lipinski definition) is 1. The molecule has 5 nitrogen and oxygen atoms in total. The lowest BCUT2D eigenvalue weighted by Crippen LogP contribution is -2.42. The second-order valence-corrected chi connectivity index (χ2v) is 6.46. The Morgan fingerprint density at radius 2 is 1.86 bits per heavy atom. The van der Waals surface area contributed by atoms with Gasteiger partial charge in [-0.15, -0.1) is 0 Å². The fraction of sp³-hybridized carbons (Fsp3) is 0.588. The molecule has 1 N–H and O–H groups in total. The van der Waals surface area contributed by atoms with Gasteiger partial charge >= 0.3 is 0 Å². The number of carbonyl (C=O) groups excluding carboxylic acids is 1. The maximum atomic E-state index is 12.6. The highest BCUT2D eigenvalue weighted by Gasteiger charge is 2.59. The van der Waals surface area contributed by atoms with Gasteiger partial charge in [0.1, 0.15) is 6.10 Å². The number of carbonyl (C=O) groups is 1. The quantitative estimate of drug-likeness (QED) is 0.905. The summed E-state index contributed by atoms with van der Waals surface area (Å²) in [5.74, 6) is -0.799. The van der Waals surface area contributed by atoms with Gasteiger partial charge in [0.2, 0.25) is 0 Å². The highest BCUT2D eigenvalue weighted by atomic mass is 16.8. The van der Waals surface area contributed by atoms with Crippen molar-refractivity contribution in [2.45, 2.75) is 62.9 Å². The van der Waals surface area contributed by atoms with Gasteiger partial charge in [-0.25, -0.2) is 0 Å². The number of benzene rings is 1. The Morgan fingerprint density at radius 1 is 1.14 bits per heavy atom. The maximum Gasteiger partial charge on any atom is 0.257 e. The number of likely N-dealkylation sites (tertiary alicyclic amines) is 1. The largest absolute Gasteiger partial charge is 0.371 e. The molecule has 3 atom stereocenters. The lowest BCUT2D eigenvalue weighted by Gasteiger charge is -2.34. The highest BCUT2D eigenvalue weighted by molar-refractivity contribution is 5.85. The van der Waals surface area contributed by atoms with Crippen molar-refractivity contribution in [3.63, 3.8) is 0 Å². The summed E-state index contributed by atoms with van der Waals surface area (Å²) in [7, 11) is 0. The smallest absolute Gasteiger partial charge is 0.257 e. The minimum Gasteiger partial charge on any atom is -0.371 e. The molecule has 1 aromatic rings. The van der Waals surface area contributed by atoms with Crippen molar-refractivity contribution in [1.82, 2.24) is 4.90 Å². The summed E-state index contributed by atoms with van der Waals surface area (Å²) in [5.41, 5.74) is 0.988. The lowest BCUT2D eigenvalue weighted by atomic mass is 9.94. The Bertz CT molecular complexity index is 555. The normalized spacial score (nSPS) is 33.4. The van der Waals surface area contributed by atoms with Crippen LogP contribution in [0, 0.1) is 0 Å². The van der Waals surface area contributed by atoms with Gasteiger partial charge in [0.25, 0.3) is 5.91 Å². The van der Waals surface area contributed by atoms with E-state index in [1.54, 1.807) is 0 Å². The Kier molecular flexibility index (Phi) is 3.44. The van der Waals surface area contributed by atoms with E-state index in [1.165, 1.54) is 11.3 Å². The van der Waals surface area contributed by atoms with Crippen molar-refractivity contribution in [2.75, 3.05) is 0 Å². The number of nitrogens with zero attached hydrogens (tertiary/aromatic N) is 1. The first-order chi connectivity index (χ1) is 10.7. The molecule has 2 saturated heterocycles. The van der Waals surface area contributed by atoms with Crippen LogP contribution in [0.25, 0.3) is 0 Å². The van der Waals surface area contributed by atoms with E-state index in [1.807, 2.05) is 30.3 Å². The monoisotopic (exact) mass is 303 g/mol. The fourth-order valence-corrected chi connectivity index (χ4v) is 3.79. The van der Waals surface area contributed by atoms with Crippen molar-refractivity contribution in [1.29, 1.82) is 0 Å². The number of rotatable bonds is 2. The van der Waals surface area contributed by atoms with Gasteiger partial charge in [0, 0.05) is 19.4 Å². The van der Waals surface area contributed by atoms with Crippen LogP contribution in [-0.4, -0.2) is 40.1 Å². The zero-order valence-corrected chi connectivity index (χ0v) is 12.5. The number of aliphatic hydroxyl groups is 1. The topological polar surface area (TPSA) is 59.0 Å². The van der Waals surface area contributed by atoms with Gasteiger partial charge in [-0.3, -0.25) is 4.79 Å². The zero-order valence-electron chi connectivity index (χ0n) is 12.5. The number of hydrogen-bond acceptors (Lipinski definition) is 4. The molecule has 0 aromatic heterocycles. The molecule has 3 fully saturated rings. The molecule has 4 rings (SSSR count). The van der Waals surface area contributed by atoms with E-state index in [2.05, 4.69) is 0 Å². The summed E-state index contributed by atoms with van der Waals surface area (Å²) in [6, 6.07) is 9.66. The first-order valence-electron chi connectivity index (χ1n) is 8.07. The van der Waals surface area contributed by atoms with Crippen molar-refractivity contribution < 1.29 is 19.4 Å². The summed E-state index contributed by atoms with van der Waals surface area (Å²) >= 11 is 0. The molecule has 1 saturated carbocycles. The van der Waals surface area contributed by atoms with E-state index in [4.69, 9.17) is 9.47 Å². The van der Waals surface area contributed by atoms with Gasteiger partial charge in [-0.05, 0) is 18.4 Å². The van der Waals surface area contributed by atoms with Crippen LogP contribution in [0.1, 0.15) is 37.7 Å². The summed E-state index contributed by atoms with van der Waals surface area (Å²) in [6.45, 7) is 0.382. The van der Waals surface area contributed by atoms with Crippen LogP contribution in [-0.2, 0) is 20.8 Å². The molecule has 1 aliphatic carbocycles. The molecule has 22 heavy (non-hydrogen) atoms. The summed E-state index contributed by atoms with van der Waals surface area (Å²) in [4.78, 5) is 14.0. The van der Waals surface area contributed by atoms with Gasteiger partial charge in [-0.1, -0.05) is 36.8 Å². The van der Waals surface area contributed by atoms with Gasteiger partial charge in [0.15, 0.2) is 18.1 Å². The number of ether oxygens (including phenoxy) is 2. The van der Waals surface area contributed by atoms with Crippen LogP contribution in [0.3, 0.4) is 0 Å². The average molecular weight is 303 g/mol. The molecule has 2 aliphatic heterocycles. The van der Waals surface area contributed by atoms with Crippen LogP contribution >= 0.6 is 0 Å². The molecule has 1 aromatic carbocycles. The Labute approximate surface area is 129 Å². The lowest BCUT2D eigenvalue weighted by molar-refractivity contribution is -0.218. The first kappa shape index (κ1) is 14.2. The SMILES string of the molecule is O=C1[C@H]2OC3(CCCCC3)O[C@H]2[C@H](O)N1Cc1ccccc1. The van der Waals surface area contributed by atoms with Crippen LogP contribution < -0.4 is 0 Å². The minimum absolute atomic E-state index is 0.163. The van der Waals surface area contributed by atoms with E-state index in [0.717, 1.165) is 31.2 Å². The van der Waals surface area contributed by atoms with E-state index in [0.29, 0.717) is 6.54 Å².